The summed E-state index contributed by atoms with van der Waals surface area (Å²) in [5.41, 5.74) is 3.06. The van der Waals surface area contributed by atoms with Crippen LogP contribution in [-0.2, 0) is 4.74 Å². The minimum atomic E-state index is -0.285. The largest absolute Gasteiger partial charge is 0.483 e. The maximum absolute atomic E-state index is 13.2. The van der Waals surface area contributed by atoms with Gasteiger partial charge in [0.15, 0.2) is 5.05 Å². The number of benzene rings is 1. The number of aryl methyl sites for hydroxylation is 1. The molecule has 116 valence electrons. The molecule has 5 heteroatoms. The van der Waals surface area contributed by atoms with Crippen LogP contribution >= 0.6 is 12.2 Å². The van der Waals surface area contributed by atoms with Gasteiger partial charge in [0.1, 0.15) is 11.6 Å². The first-order valence-corrected chi connectivity index (χ1v) is 7.66. The summed E-state index contributed by atoms with van der Waals surface area (Å²) in [6.07, 6.45) is 0. The van der Waals surface area contributed by atoms with Gasteiger partial charge in [-0.3, -0.25) is 0 Å². The number of nitrogens with zero attached hydrogens (tertiary/aromatic N) is 2. The van der Waals surface area contributed by atoms with Crippen LogP contribution in [0.1, 0.15) is 43.8 Å². The van der Waals surface area contributed by atoms with E-state index < -0.39 is 0 Å². The summed E-state index contributed by atoms with van der Waals surface area (Å²) >= 11 is 5.41. The number of halogens is 1. The average molecular weight is 318 g/mol. The fourth-order valence-electron chi connectivity index (χ4n) is 2.23. The van der Waals surface area contributed by atoms with E-state index in [1.165, 1.54) is 12.1 Å². The fraction of sp³-hybridized carbons (Fsp3) is 0.353. The van der Waals surface area contributed by atoms with Crippen molar-refractivity contribution in [3.05, 3.63) is 47.2 Å². The lowest BCUT2D eigenvalue weighted by atomic mass is 9.98. The van der Waals surface area contributed by atoms with Gasteiger partial charge in [0.05, 0.1) is 23.6 Å². The first-order valence-electron chi connectivity index (χ1n) is 7.25. The van der Waals surface area contributed by atoms with Gasteiger partial charge in [-0.05, 0) is 56.2 Å². The van der Waals surface area contributed by atoms with Crippen LogP contribution in [0.3, 0.4) is 0 Å². The second-order valence-electron chi connectivity index (χ2n) is 5.26. The van der Waals surface area contributed by atoms with Crippen molar-refractivity contribution in [2.75, 3.05) is 6.61 Å². The predicted molar refractivity (Wildman–Crippen MR) is 89.6 cm³/mol. The molecule has 1 heterocycles. The molecule has 0 bridgehead atoms. The van der Waals surface area contributed by atoms with Crippen molar-refractivity contribution in [1.82, 2.24) is 9.97 Å². The second kappa shape index (κ2) is 6.92. The monoisotopic (exact) mass is 318 g/mol. The fourth-order valence-corrected chi connectivity index (χ4v) is 2.55. The van der Waals surface area contributed by atoms with Crippen molar-refractivity contribution in [2.45, 2.75) is 33.6 Å². The molecule has 0 saturated carbocycles. The molecule has 0 unspecified atom stereocenters. The van der Waals surface area contributed by atoms with Crippen LogP contribution in [0.25, 0.3) is 11.3 Å². The molecule has 0 spiro atoms. The van der Waals surface area contributed by atoms with Crippen molar-refractivity contribution in [3.63, 3.8) is 0 Å². The Labute approximate surface area is 135 Å². The van der Waals surface area contributed by atoms with Crippen molar-refractivity contribution in [1.29, 1.82) is 0 Å². The molecule has 22 heavy (non-hydrogen) atoms. The van der Waals surface area contributed by atoms with E-state index in [4.69, 9.17) is 17.0 Å². The molecule has 0 N–H and O–H groups in total. The molecule has 2 aromatic rings. The van der Waals surface area contributed by atoms with Crippen LogP contribution in [-0.4, -0.2) is 21.6 Å². The Morgan fingerprint density at radius 2 is 1.86 bits per heavy atom. The average Bonchev–Trinajstić information content (AvgIpc) is 2.47. The Morgan fingerprint density at radius 3 is 2.41 bits per heavy atom. The van der Waals surface area contributed by atoms with Crippen molar-refractivity contribution >= 4 is 17.3 Å². The van der Waals surface area contributed by atoms with Crippen LogP contribution in [0, 0.1) is 12.7 Å². The summed E-state index contributed by atoms with van der Waals surface area (Å²) in [6.45, 7) is 8.30. The van der Waals surface area contributed by atoms with Gasteiger partial charge < -0.3 is 4.74 Å². The van der Waals surface area contributed by atoms with E-state index in [9.17, 15) is 4.39 Å². The maximum Gasteiger partial charge on any atom is 0.195 e. The van der Waals surface area contributed by atoms with Crippen LogP contribution in [0.4, 0.5) is 4.39 Å². The second-order valence-corrected chi connectivity index (χ2v) is 5.63. The highest BCUT2D eigenvalue weighted by Crippen LogP contribution is 2.29. The first kappa shape index (κ1) is 16.5. The molecule has 3 nitrogen and oxygen atoms in total. The van der Waals surface area contributed by atoms with E-state index in [0.717, 1.165) is 16.8 Å². The van der Waals surface area contributed by atoms with Crippen LogP contribution < -0.4 is 0 Å². The van der Waals surface area contributed by atoms with E-state index in [1.807, 2.05) is 27.7 Å². The highest BCUT2D eigenvalue weighted by molar-refractivity contribution is 7.80. The predicted octanol–water partition coefficient (Wildman–Crippen LogP) is 4.43. The van der Waals surface area contributed by atoms with Crippen LogP contribution in [0.2, 0.25) is 0 Å². The van der Waals surface area contributed by atoms with Gasteiger partial charge in [-0.2, -0.15) is 0 Å². The zero-order chi connectivity index (χ0) is 16.3. The summed E-state index contributed by atoms with van der Waals surface area (Å²) in [6, 6.07) is 6.21. The Hall–Kier alpha value is -1.88. The van der Waals surface area contributed by atoms with E-state index in [-0.39, 0.29) is 11.7 Å². The number of rotatable bonds is 4. The van der Waals surface area contributed by atoms with Crippen molar-refractivity contribution < 1.29 is 9.13 Å². The van der Waals surface area contributed by atoms with Gasteiger partial charge in [0.2, 0.25) is 0 Å². The lowest BCUT2D eigenvalue weighted by Gasteiger charge is -2.17. The number of hydrogen-bond acceptors (Lipinski definition) is 4. The number of ether oxygens (including phenoxy) is 1. The summed E-state index contributed by atoms with van der Waals surface area (Å²) in [5, 5.41) is 0.380. The minimum absolute atomic E-state index is 0.175. The molecule has 0 aliphatic heterocycles. The maximum atomic E-state index is 13.2. The van der Waals surface area contributed by atoms with Gasteiger partial charge in [-0.15, -0.1) is 0 Å². The highest BCUT2D eigenvalue weighted by atomic mass is 32.1. The number of hydrogen-bond donors (Lipinski definition) is 0. The van der Waals surface area contributed by atoms with Gasteiger partial charge in [-0.1, -0.05) is 13.8 Å². The molecule has 0 saturated heterocycles. The zero-order valence-corrected chi connectivity index (χ0v) is 14.0. The quantitative estimate of drug-likeness (QED) is 0.781. The molecular weight excluding hydrogens is 299 g/mol. The molecule has 0 radical (unpaired) electrons. The summed E-state index contributed by atoms with van der Waals surface area (Å²) in [7, 11) is 0. The summed E-state index contributed by atoms with van der Waals surface area (Å²) in [4.78, 5) is 9.05. The third-order valence-corrected chi connectivity index (χ3v) is 3.51. The standard InChI is InChI=1S/C17H19FN2OS/c1-5-21-17(22)14-15(10(2)3)19-11(4)20-16(14)12-6-8-13(18)9-7-12/h6-10H,5H2,1-4H3. The summed E-state index contributed by atoms with van der Waals surface area (Å²) < 4.78 is 18.7. The Kier molecular flexibility index (Phi) is 5.19. The van der Waals surface area contributed by atoms with Gasteiger partial charge in [0, 0.05) is 5.56 Å². The normalized spacial score (nSPS) is 10.8. The summed E-state index contributed by atoms with van der Waals surface area (Å²) in [5.74, 6) is 0.549. The first-order chi connectivity index (χ1) is 10.4. The minimum Gasteiger partial charge on any atom is -0.483 e. The number of thiocarbonyl (C=S) groups is 1. The van der Waals surface area contributed by atoms with Crippen LogP contribution in [0.15, 0.2) is 24.3 Å². The molecule has 0 atom stereocenters. The van der Waals surface area contributed by atoms with Crippen molar-refractivity contribution in [2.24, 2.45) is 0 Å². The van der Waals surface area contributed by atoms with Crippen LogP contribution in [0.5, 0.6) is 0 Å². The van der Waals surface area contributed by atoms with E-state index in [1.54, 1.807) is 12.1 Å². The van der Waals surface area contributed by atoms with E-state index in [0.29, 0.717) is 23.2 Å². The molecule has 0 fully saturated rings. The topological polar surface area (TPSA) is 35.0 Å². The Bertz CT molecular complexity index is 684. The van der Waals surface area contributed by atoms with Crippen molar-refractivity contribution in [3.8, 4) is 11.3 Å². The van der Waals surface area contributed by atoms with Gasteiger partial charge >= 0.3 is 0 Å². The van der Waals surface area contributed by atoms with E-state index in [2.05, 4.69) is 9.97 Å². The number of aromatic nitrogens is 2. The molecule has 1 aromatic heterocycles. The molecular formula is C17H19FN2OS. The lowest BCUT2D eigenvalue weighted by Crippen LogP contribution is -2.14. The molecule has 2 rings (SSSR count). The van der Waals surface area contributed by atoms with Gasteiger partial charge in [0.25, 0.3) is 0 Å². The molecule has 0 aliphatic carbocycles. The van der Waals surface area contributed by atoms with Gasteiger partial charge in [-0.25, -0.2) is 14.4 Å². The Balaban J connectivity index is 2.70. The smallest absolute Gasteiger partial charge is 0.195 e. The van der Waals surface area contributed by atoms with E-state index >= 15 is 0 Å². The Morgan fingerprint density at radius 1 is 1.23 bits per heavy atom. The molecule has 0 aliphatic rings. The molecule has 1 aromatic carbocycles. The highest BCUT2D eigenvalue weighted by Gasteiger charge is 2.21. The SMILES string of the molecule is CCOC(=S)c1c(-c2ccc(F)cc2)nc(C)nc1C(C)C. The third-order valence-electron chi connectivity index (χ3n) is 3.19. The molecule has 0 amide bonds. The third kappa shape index (κ3) is 3.47. The lowest BCUT2D eigenvalue weighted by molar-refractivity contribution is 0.337. The zero-order valence-electron chi connectivity index (χ0n) is 13.2.